The molecule has 1 aliphatic heterocycles. The largest absolute Gasteiger partial charge is 0.480 e. The van der Waals surface area contributed by atoms with E-state index < -0.39 is 24.6 Å². The van der Waals surface area contributed by atoms with Gasteiger partial charge in [-0.05, 0) is 11.8 Å². The van der Waals surface area contributed by atoms with Crippen molar-refractivity contribution in [3.05, 3.63) is 0 Å². The highest BCUT2D eigenvalue weighted by Crippen LogP contribution is 2.21. The Balaban J connectivity index is 2.50. The summed E-state index contributed by atoms with van der Waals surface area (Å²) in [4.78, 5) is 23.9. The number of carbonyl (C=O) groups is 2. The summed E-state index contributed by atoms with van der Waals surface area (Å²) in [5, 5.41) is 19.7. The second-order valence-corrected chi connectivity index (χ2v) is 4.38. The molecule has 3 atom stereocenters. The van der Waals surface area contributed by atoms with Crippen LogP contribution in [0.4, 0.5) is 4.79 Å². The fraction of sp³-hybridized carbons (Fsp3) is 0.800. The Morgan fingerprint density at radius 1 is 1.38 bits per heavy atom. The second kappa shape index (κ2) is 5.16. The van der Waals surface area contributed by atoms with E-state index in [2.05, 4.69) is 19.2 Å². The minimum absolute atomic E-state index is 0.419. The van der Waals surface area contributed by atoms with E-state index >= 15 is 0 Å². The molecule has 0 spiro atoms. The van der Waals surface area contributed by atoms with E-state index in [1.54, 1.807) is 4.90 Å². The number of carboxylic acids is 1. The molecule has 0 aromatic heterocycles. The number of carboxylic acid groups (broad SMARTS) is 1. The SMILES string of the molecule is CC1CN(C(=O)N[C@@H](CO)C(=O)O)CC1C. The predicted octanol–water partition coefficient (Wildman–Crippen LogP) is -0.271. The molecule has 0 aliphatic carbocycles. The van der Waals surface area contributed by atoms with Gasteiger partial charge in [-0.15, -0.1) is 0 Å². The number of hydrogen-bond acceptors (Lipinski definition) is 3. The first-order chi connectivity index (χ1) is 7.45. The number of amides is 2. The average Bonchev–Trinajstić information content (AvgIpc) is 2.55. The molecule has 0 aromatic rings. The monoisotopic (exact) mass is 230 g/mol. The molecule has 2 unspecified atom stereocenters. The van der Waals surface area contributed by atoms with Crippen molar-refractivity contribution in [2.45, 2.75) is 19.9 Å². The first kappa shape index (κ1) is 12.8. The fourth-order valence-electron chi connectivity index (χ4n) is 1.72. The van der Waals surface area contributed by atoms with E-state index in [9.17, 15) is 9.59 Å². The quantitative estimate of drug-likeness (QED) is 0.622. The van der Waals surface area contributed by atoms with E-state index in [-0.39, 0.29) is 0 Å². The Morgan fingerprint density at radius 2 is 1.88 bits per heavy atom. The lowest BCUT2D eigenvalue weighted by Gasteiger charge is -2.19. The van der Waals surface area contributed by atoms with Crippen molar-refractivity contribution in [1.29, 1.82) is 0 Å². The molecule has 1 fully saturated rings. The first-order valence-electron chi connectivity index (χ1n) is 5.34. The van der Waals surface area contributed by atoms with Crippen molar-refractivity contribution in [2.24, 2.45) is 11.8 Å². The van der Waals surface area contributed by atoms with Gasteiger partial charge in [0.1, 0.15) is 0 Å². The Bertz CT molecular complexity index is 272. The number of nitrogens with one attached hydrogen (secondary N) is 1. The average molecular weight is 230 g/mol. The Labute approximate surface area is 94.2 Å². The summed E-state index contributed by atoms with van der Waals surface area (Å²) < 4.78 is 0. The van der Waals surface area contributed by atoms with Crippen LogP contribution >= 0.6 is 0 Å². The van der Waals surface area contributed by atoms with Crippen molar-refractivity contribution in [3.63, 3.8) is 0 Å². The molecule has 0 aromatic carbocycles. The summed E-state index contributed by atoms with van der Waals surface area (Å²) in [6, 6.07) is -1.64. The third kappa shape index (κ3) is 2.85. The molecule has 0 radical (unpaired) electrons. The lowest BCUT2D eigenvalue weighted by molar-refractivity contribution is -0.140. The molecule has 1 rings (SSSR count). The van der Waals surface area contributed by atoms with Crippen LogP contribution in [0.25, 0.3) is 0 Å². The fourth-order valence-corrected chi connectivity index (χ4v) is 1.72. The van der Waals surface area contributed by atoms with Crippen LogP contribution in [0.2, 0.25) is 0 Å². The third-order valence-corrected chi connectivity index (χ3v) is 3.05. The topological polar surface area (TPSA) is 89.9 Å². The molecule has 0 bridgehead atoms. The Morgan fingerprint density at radius 3 is 2.25 bits per heavy atom. The number of aliphatic hydroxyl groups excluding tert-OH is 1. The van der Waals surface area contributed by atoms with Gasteiger partial charge in [0.2, 0.25) is 0 Å². The highest BCUT2D eigenvalue weighted by atomic mass is 16.4. The van der Waals surface area contributed by atoms with E-state index in [1.807, 2.05) is 0 Å². The number of rotatable bonds is 3. The van der Waals surface area contributed by atoms with Gasteiger partial charge in [-0.3, -0.25) is 0 Å². The van der Waals surface area contributed by atoms with Crippen molar-refractivity contribution in [3.8, 4) is 0 Å². The van der Waals surface area contributed by atoms with Gasteiger partial charge in [-0.25, -0.2) is 9.59 Å². The molecule has 0 saturated carbocycles. The third-order valence-electron chi connectivity index (χ3n) is 3.05. The number of hydrogen-bond donors (Lipinski definition) is 3. The zero-order valence-electron chi connectivity index (χ0n) is 9.51. The van der Waals surface area contributed by atoms with Crippen LogP contribution in [0.15, 0.2) is 0 Å². The normalized spacial score (nSPS) is 26.6. The molecule has 2 amide bonds. The molecule has 1 aliphatic rings. The van der Waals surface area contributed by atoms with Crippen LogP contribution in [0.1, 0.15) is 13.8 Å². The molecule has 1 heterocycles. The summed E-state index contributed by atoms with van der Waals surface area (Å²) in [5.74, 6) is -0.387. The summed E-state index contributed by atoms with van der Waals surface area (Å²) in [6.45, 7) is 4.77. The highest BCUT2D eigenvalue weighted by molar-refractivity contribution is 5.82. The second-order valence-electron chi connectivity index (χ2n) is 4.38. The summed E-state index contributed by atoms with van der Waals surface area (Å²) in [6.07, 6.45) is 0. The van der Waals surface area contributed by atoms with Gasteiger partial charge in [0.15, 0.2) is 6.04 Å². The minimum Gasteiger partial charge on any atom is -0.480 e. The van der Waals surface area contributed by atoms with Gasteiger partial charge < -0.3 is 20.4 Å². The maximum absolute atomic E-state index is 11.7. The lowest BCUT2D eigenvalue weighted by Crippen LogP contribution is -2.49. The number of aliphatic carboxylic acids is 1. The van der Waals surface area contributed by atoms with Gasteiger partial charge in [-0.1, -0.05) is 13.8 Å². The molecule has 92 valence electrons. The zero-order chi connectivity index (χ0) is 12.3. The van der Waals surface area contributed by atoms with Crippen LogP contribution in [-0.4, -0.2) is 52.9 Å². The Kier molecular flexibility index (Phi) is 4.12. The molecule has 3 N–H and O–H groups in total. The molecule has 6 heteroatoms. The maximum Gasteiger partial charge on any atom is 0.328 e. The van der Waals surface area contributed by atoms with Gasteiger partial charge in [0.05, 0.1) is 6.61 Å². The van der Waals surface area contributed by atoms with Gasteiger partial charge in [0.25, 0.3) is 0 Å². The van der Waals surface area contributed by atoms with Gasteiger partial charge in [-0.2, -0.15) is 0 Å². The van der Waals surface area contributed by atoms with Crippen LogP contribution in [0.5, 0.6) is 0 Å². The van der Waals surface area contributed by atoms with E-state index in [0.717, 1.165) is 0 Å². The van der Waals surface area contributed by atoms with Gasteiger partial charge in [0, 0.05) is 13.1 Å². The van der Waals surface area contributed by atoms with Crippen LogP contribution < -0.4 is 5.32 Å². The zero-order valence-corrected chi connectivity index (χ0v) is 9.51. The summed E-state index contributed by atoms with van der Waals surface area (Å²) in [5.41, 5.74) is 0. The predicted molar refractivity (Wildman–Crippen MR) is 56.9 cm³/mol. The molecule has 6 nitrogen and oxygen atoms in total. The first-order valence-corrected chi connectivity index (χ1v) is 5.34. The highest BCUT2D eigenvalue weighted by Gasteiger charge is 2.31. The van der Waals surface area contributed by atoms with Crippen molar-refractivity contribution < 1.29 is 19.8 Å². The number of nitrogens with zero attached hydrogens (tertiary/aromatic N) is 1. The maximum atomic E-state index is 11.7. The van der Waals surface area contributed by atoms with Crippen LogP contribution in [0, 0.1) is 11.8 Å². The van der Waals surface area contributed by atoms with E-state index in [0.29, 0.717) is 24.9 Å². The molecule has 1 saturated heterocycles. The number of urea groups is 1. The Hall–Kier alpha value is -1.30. The smallest absolute Gasteiger partial charge is 0.328 e. The van der Waals surface area contributed by atoms with Crippen LogP contribution in [-0.2, 0) is 4.79 Å². The number of aliphatic hydroxyl groups is 1. The van der Waals surface area contributed by atoms with Crippen molar-refractivity contribution in [2.75, 3.05) is 19.7 Å². The van der Waals surface area contributed by atoms with Gasteiger partial charge >= 0.3 is 12.0 Å². The summed E-state index contributed by atoms with van der Waals surface area (Å²) in [7, 11) is 0. The number of likely N-dealkylation sites (tertiary alicyclic amines) is 1. The standard InChI is InChI=1S/C10H18N2O4/c1-6-3-12(4-7(6)2)10(16)11-8(5-13)9(14)15/h6-8,13H,3-5H2,1-2H3,(H,11,16)(H,14,15)/t6?,7?,8-/m0/s1. The van der Waals surface area contributed by atoms with E-state index in [4.69, 9.17) is 10.2 Å². The summed E-state index contributed by atoms with van der Waals surface area (Å²) >= 11 is 0. The molecule has 16 heavy (non-hydrogen) atoms. The van der Waals surface area contributed by atoms with Crippen molar-refractivity contribution in [1.82, 2.24) is 10.2 Å². The van der Waals surface area contributed by atoms with Crippen molar-refractivity contribution >= 4 is 12.0 Å². The lowest BCUT2D eigenvalue weighted by atomic mass is 10.0. The minimum atomic E-state index is -1.23. The molecular weight excluding hydrogens is 212 g/mol. The van der Waals surface area contributed by atoms with E-state index in [1.165, 1.54) is 0 Å². The van der Waals surface area contributed by atoms with Crippen LogP contribution in [0.3, 0.4) is 0 Å². The number of carbonyl (C=O) groups excluding carboxylic acids is 1. The molecular formula is C10H18N2O4.